The van der Waals surface area contributed by atoms with Crippen molar-refractivity contribution in [2.24, 2.45) is 11.8 Å². The number of carbonyl (C=O) groups excluding carboxylic acids is 2. The molecule has 4 rings (SSSR count). The number of nitrogens with zero attached hydrogens (tertiary/aromatic N) is 3. The number of hydrogen-bond donors (Lipinski definition) is 1. The molecule has 3 atom stereocenters. The van der Waals surface area contributed by atoms with Crippen LogP contribution >= 0.6 is 0 Å². The fourth-order valence-electron chi connectivity index (χ4n) is 4.83. The van der Waals surface area contributed by atoms with Crippen LogP contribution in [0.15, 0.2) is 10.9 Å². The Kier molecular flexibility index (Phi) is 6.22. The second-order valence-corrected chi connectivity index (χ2v) is 9.09. The Morgan fingerprint density at radius 3 is 2.57 bits per heavy atom. The quantitative estimate of drug-likeness (QED) is 0.785. The largest absolute Gasteiger partial charge is 0.375 e. The zero-order chi connectivity index (χ0) is 21.3. The fraction of sp³-hybridized carbons (Fsp3) is 0.727. The number of H-pyrrole nitrogens is 1. The summed E-state index contributed by atoms with van der Waals surface area (Å²) in [7, 11) is 1.52. The first-order valence-corrected chi connectivity index (χ1v) is 11.1. The minimum absolute atomic E-state index is 0.00287. The van der Waals surface area contributed by atoms with Crippen LogP contribution in [0.2, 0.25) is 0 Å². The molecule has 1 aromatic heterocycles. The van der Waals surface area contributed by atoms with Gasteiger partial charge in [-0.1, -0.05) is 6.92 Å². The number of nitrogens with one attached hydrogen (secondary N) is 1. The standard InChI is InChI=1S/C22H32N4O4/c1-14-10-17(14)22(29)26-7-3-4-16(12-26)18-11-19(27)24-21(23-18)15-5-8-25(9-6-15)20(28)13-30-2/h11,14-17H,3-10,12-13H2,1-2H3,(H,23,24,27)/t14-,16-,17+/m0/s1. The average Bonchev–Trinajstić information content (AvgIpc) is 3.49. The van der Waals surface area contributed by atoms with E-state index >= 15 is 0 Å². The first-order valence-electron chi connectivity index (χ1n) is 11.1. The summed E-state index contributed by atoms with van der Waals surface area (Å²) in [6.07, 6.45) is 4.44. The van der Waals surface area contributed by atoms with E-state index in [1.54, 1.807) is 6.07 Å². The highest BCUT2D eigenvalue weighted by Crippen LogP contribution is 2.40. The number of hydrogen-bond acceptors (Lipinski definition) is 5. The molecule has 3 fully saturated rings. The van der Waals surface area contributed by atoms with Gasteiger partial charge in [-0.2, -0.15) is 0 Å². The molecule has 0 aromatic carbocycles. The molecule has 1 aliphatic carbocycles. The van der Waals surface area contributed by atoms with Gasteiger partial charge in [0.2, 0.25) is 11.8 Å². The maximum Gasteiger partial charge on any atom is 0.251 e. The van der Waals surface area contributed by atoms with Crippen molar-refractivity contribution in [3.63, 3.8) is 0 Å². The van der Waals surface area contributed by atoms with E-state index in [1.807, 2.05) is 9.80 Å². The molecule has 3 heterocycles. The first kappa shape index (κ1) is 21.0. The average molecular weight is 417 g/mol. The highest BCUT2D eigenvalue weighted by atomic mass is 16.5. The predicted molar refractivity (Wildman–Crippen MR) is 111 cm³/mol. The van der Waals surface area contributed by atoms with Gasteiger partial charge < -0.3 is 19.5 Å². The highest BCUT2D eigenvalue weighted by molar-refractivity contribution is 5.81. The number of likely N-dealkylation sites (tertiary alicyclic amines) is 2. The Bertz CT molecular complexity index is 846. The minimum atomic E-state index is -0.132. The summed E-state index contributed by atoms with van der Waals surface area (Å²) in [5.41, 5.74) is 0.667. The highest BCUT2D eigenvalue weighted by Gasteiger charge is 2.42. The topological polar surface area (TPSA) is 95.6 Å². The maximum atomic E-state index is 12.7. The lowest BCUT2D eigenvalue weighted by Gasteiger charge is -2.34. The van der Waals surface area contributed by atoms with Gasteiger partial charge in [-0.3, -0.25) is 14.4 Å². The number of aromatic nitrogens is 2. The van der Waals surface area contributed by atoms with Crippen LogP contribution in [-0.2, 0) is 14.3 Å². The second kappa shape index (κ2) is 8.88. The van der Waals surface area contributed by atoms with Gasteiger partial charge in [-0.05, 0) is 38.0 Å². The molecule has 2 aliphatic heterocycles. The van der Waals surface area contributed by atoms with Gasteiger partial charge >= 0.3 is 0 Å². The number of carbonyl (C=O) groups is 2. The van der Waals surface area contributed by atoms with Crippen LogP contribution < -0.4 is 5.56 Å². The zero-order valence-electron chi connectivity index (χ0n) is 17.9. The molecule has 8 nitrogen and oxygen atoms in total. The van der Waals surface area contributed by atoms with E-state index in [4.69, 9.17) is 9.72 Å². The number of ether oxygens (including phenoxy) is 1. The summed E-state index contributed by atoms with van der Waals surface area (Å²) in [6, 6.07) is 1.60. The Balaban J connectivity index is 1.43. The van der Waals surface area contributed by atoms with Gasteiger partial charge in [0.25, 0.3) is 5.56 Å². The van der Waals surface area contributed by atoms with Crippen molar-refractivity contribution < 1.29 is 14.3 Å². The molecule has 0 bridgehead atoms. The molecular weight excluding hydrogens is 384 g/mol. The SMILES string of the molecule is COCC(=O)N1CCC(c2nc([C@H]3CCCN(C(=O)[C@@H]4C[C@@H]4C)C3)cc(=O)[nH]2)CC1. The molecule has 0 spiro atoms. The number of methoxy groups -OCH3 is 1. The van der Waals surface area contributed by atoms with Crippen molar-refractivity contribution in [3.8, 4) is 0 Å². The molecule has 0 radical (unpaired) electrons. The number of piperidine rings is 2. The van der Waals surface area contributed by atoms with Crippen LogP contribution in [-0.4, -0.2) is 71.5 Å². The van der Waals surface area contributed by atoms with Crippen LogP contribution in [0.4, 0.5) is 0 Å². The Labute approximate surface area is 177 Å². The summed E-state index contributed by atoms with van der Waals surface area (Å²) >= 11 is 0. The minimum Gasteiger partial charge on any atom is -0.375 e. The molecule has 30 heavy (non-hydrogen) atoms. The summed E-state index contributed by atoms with van der Waals surface area (Å²) < 4.78 is 4.94. The molecule has 8 heteroatoms. The molecule has 3 aliphatic rings. The predicted octanol–water partition coefficient (Wildman–Crippen LogP) is 1.48. The van der Waals surface area contributed by atoms with Gasteiger partial charge in [-0.25, -0.2) is 4.98 Å². The number of amides is 2. The fourth-order valence-corrected chi connectivity index (χ4v) is 4.83. The van der Waals surface area contributed by atoms with E-state index in [9.17, 15) is 14.4 Å². The monoisotopic (exact) mass is 416 g/mol. The van der Waals surface area contributed by atoms with E-state index in [1.165, 1.54) is 7.11 Å². The van der Waals surface area contributed by atoms with Gasteiger partial charge in [0.05, 0.1) is 5.69 Å². The van der Waals surface area contributed by atoms with Crippen LogP contribution in [0, 0.1) is 11.8 Å². The molecule has 1 aromatic rings. The third-order valence-electron chi connectivity index (χ3n) is 6.86. The van der Waals surface area contributed by atoms with E-state index < -0.39 is 0 Å². The summed E-state index contributed by atoms with van der Waals surface area (Å²) in [6.45, 7) is 4.98. The maximum absolute atomic E-state index is 12.7. The van der Waals surface area contributed by atoms with Gasteiger partial charge in [-0.15, -0.1) is 0 Å². The molecule has 164 valence electrons. The summed E-state index contributed by atoms with van der Waals surface area (Å²) in [5, 5.41) is 0. The Morgan fingerprint density at radius 1 is 1.17 bits per heavy atom. The van der Waals surface area contributed by atoms with Crippen LogP contribution in [0.25, 0.3) is 0 Å². The van der Waals surface area contributed by atoms with E-state index in [0.29, 0.717) is 25.6 Å². The third-order valence-corrected chi connectivity index (χ3v) is 6.86. The van der Waals surface area contributed by atoms with Crippen molar-refractivity contribution >= 4 is 11.8 Å². The summed E-state index contributed by atoms with van der Waals surface area (Å²) in [5.74, 6) is 1.93. The van der Waals surface area contributed by atoms with Crippen LogP contribution in [0.5, 0.6) is 0 Å². The Morgan fingerprint density at radius 2 is 1.90 bits per heavy atom. The number of rotatable bonds is 5. The van der Waals surface area contributed by atoms with Crippen LogP contribution in [0.1, 0.15) is 62.4 Å². The van der Waals surface area contributed by atoms with Crippen molar-refractivity contribution in [2.45, 2.75) is 50.9 Å². The number of aromatic amines is 1. The molecule has 2 saturated heterocycles. The van der Waals surface area contributed by atoms with Crippen molar-refractivity contribution in [1.29, 1.82) is 0 Å². The lowest BCUT2D eigenvalue weighted by atomic mass is 9.92. The van der Waals surface area contributed by atoms with E-state index in [2.05, 4.69) is 11.9 Å². The lowest BCUT2D eigenvalue weighted by molar-refractivity contribution is -0.136. The van der Waals surface area contributed by atoms with Crippen molar-refractivity contribution in [2.75, 3.05) is 39.9 Å². The van der Waals surface area contributed by atoms with E-state index in [-0.39, 0.29) is 41.7 Å². The first-order chi connectivity index (χ1) is 14.5. The molecule has 1 saturated carbocycles. The molecule has 1 N–H and O–H groups in total. The molecule has 0 unspecified atom stereocenters. The van der Waals surface area contributed by atoms with Gasteiger partial charge in [0, 0.05) is 57.1 Å². The van der Waals surface area contributed by atoms with Crippen molar-refractivity contribution in [3.05, 3.63) is 27.9 Å². The second-order valence-electron chi connectivity index (χ2n) is 9.09. The van der Waals surface area contributed by atoms with Crippen LogP contribution in [0.3, 0.4) is 0 Å². The van der Waals surface area contributed by atoms with Crippen molar-refractivity contribution in [1.82, 2.24) is 19.8 Å². The zero-order valence-corrected chi connectivity index (χ0v) is 17.9. The van der Waals surface area contributed by atoms with Gasteiger partial charge in [0.1, 0.15) is 12.4 Å². The Hall–Kier alpha value is -2.22. The summed E-state index contributed by atoms with van der Waals surface area (Å²) in [4.78, 5) is 48.6. The van der Waals surface area contributed by atoms with Gasteiger partial charge in [0.15, 0.2) is 0 Å². The molecule has 2 amide bonds. The molecular formula is C22H32N4O4. The lowest BCUT2D eigenvalue weighted by Crippen LogP contribution is -2.41. The van der Waals surface area contributed by atoms with E-state index in [0.717, 1.165) is 50.2 Å². The third kappa shape index (κ3) is 4.58. The normalized spacial score (nSPS) is 27.2. The smallest absolute Gasteiger partial charge is 0.251 e.